The molecule has 0 bridgehead atoms. The standard InChI is InChI=1S/C16H21NO2/c1-16(2)11-9-12-14(7-8-17-12)18-15(11)10-5-3-4-6-13(10)19-16/h3-6,11-12,14-15,17H,7-9H2,1-2H3/t11-,12+,14-,15+/m1/s1. The fraction of sp³-hybridized carbons (Fsp3) is 0.625. The number of benzene rings is 1. The summed E-state index contributed by atoms with van der Waals surface area (Å²) in [6.07, 6.45) is 2.86. The highest BCUT2D eigenvalue weighted by Gasteiger charge is 2.51. The van der Waals surface area contributed by atoms with Crippen LogP contribution in [0.5, 0.6) is 5.75 Å². The Morgan fingerprint density at radius 1 is 1.26 bits per heavy atom. The van der Waals surface area contributed by atoms with Crippen molar-refractivity contribution in [2.24, 2.45) is 5.92 Å². The second-order valence-electron chi connectivity index (χ2n) is 6.53. The molecule has 1 aromatic carbocycles. The first-order valence-corrected chi connectivity index (χ1v) is 7.32. The molecule has 3 nitrogen and oxygen atoms in total. The van der Waals surface area contributed by atoms with Crippen LogP contribution in [0.4, 0.5) is 0 Å². The van der Waals surface area contributed by atoms with Crippen molar-refractivity contribution in [1.29, 1.82) is 0 Å². The number of nitrogens with one attached hydrogen (secondary N) is 1. The van der Waals surface area contributed by atoms with Crippen LogP contribution in [0.2, 0.25) is 0 Å². The van der Waals surface area contributed by atoms with Gasteiger partial charge in [-0.1, -0.05) is 18.2 Å². The topological polar surface area (TPSA) is 30.5 Å². The lowest BCUT2D eigenvalue weighted by molar-refractivity contribution is -0.152. The Morgan fingerprint density at radius 3 is 3.00 bits per heavy atom. The third-order valence-corrected chi connectivity index (χ3v) is 4.97. The molecule has 3 aliphatic rings. The molecule has 0 spiro atoms. The van der Waals surface area contributed by atoms with E-state index in [1.807, 2.05) is 6.07 Å². The van der Waals surface area contributed by atoms with E-state index in [9.17, 15) is 0 Å². The van der Waals surface area contributed by atoms with Gasteiger partial charge in [-0.3, -0.25) is 0 Å². The molecule has 2 saturated heterocycles. The third kappa shape index (κ3) is 1.72. The molecule has 0 aliphatic carbocycles. The highest BCUT2D eigenvalue weighted by Crippen LogP contribution is 2.51. The molecule has 0 saturated carbocycles. The van der Waals surface area contributed by atoms with Gasteiger partial charge in [-0.05, 0) is 39.3 Å². The Kier molecular flexibility index (Phi) is 2.45. The van der Waals surface area contributed by atoms with Crippen molar-refractivity contribution < 1.29 is 9.47 Å². The highest BCUT2D eigenvalue weighted by atomic mass is 16.5. The fourth-order valence-corrected chi connectivity index (χ4v) is 3.93. The molecule has 2 fully saturated rings. The summed E-state index contributed by atoms with van der Waals surface area (Å²) in [7, 11) is 0. The molecule has 3 aliphatic heterocycles. The molecule has 0 unspecified atom stereocenters. The van der Waals surface area contributed by atoms with Crippen LogP contribution in [0, 0.1) is 5.92 Å². The summed E-state index contributed by atoms with van der Waals surface area (Å²) in [5.74, 6) is 1.42. The van der Waals surface area contributed by atoms with Crippen molar-refractivity contribution in [2.45, 2.75) is 50.5 Å². The monoisotopic (exact) mass is 259 g/mol. The van der Waals surface area contributed by atoms with E-state index in [4.69, 9.17) is 9.47 Å². The minimum Gasteiger partial charge on any atom is -0.487 e. The van der Waals surface area contributed by atoms with E-state index in [0.717, 1.165) is 25.1 Å². The number of para-hydroxylation sites is 1. The Labute approximate surface area is 114 Å². The zero-order valence-corrected chi connectivity index (χ0v) is 11.6. The van der Waals surface area contributed by atoms with Gasteiger partial charge in [0.1, 0.15) is 11.4 Å². The van der Waals surface area contributed by atoms with Crippen molar-refractivity contribution in [3.05, 3.63) is 29.8 Å². The second-order valence-corrected chi connectivity index (χ2v) is 6.53. The lowest BCUT2D eigenvalue weighted by Gasteiger charge is -2.49. The van der Waals surface area contributed by atoms with Gasteiger partial charge in [-0.15, -0.1) is 0 Å². The first-order valence-electron chi connectivity index (χ1n) is 7.32. The summed E-state index contributed by atoms with van der Waals surface area (Å²) in [5, 5.41) is 3.57. The molecule has 0 aromatic heterocycles. The normalized spacial score (nSPS) is 38.8. The van der Waals surface area contributed by atoms with Gasteiger partial charge in [0.25, 0.3) is 0 Å². The van der Waals surface area contributed by atoms with E-state index < -0.39 is 0 Å². The summed E-state index contributed by atoms with van der Waals surface area (Å²) in [4.78, 5) is 0. The van der Waals surface area contributed by atoms with Gasteiger partial charge in [-0.25, -0.2) is 0 Å². The van der Waals surface area contributed by atoms with Gasteiger partial charge >= 0.3 is 0 Å². The molecule has 4 rings (SSSR count). The zero-order valence-electron chi connectivity index (χ0n) is 11.6. The van der Waals surface area contributed by atoms with Crippen LogP contribution in [0.15, 0.2) is 24.3 Å². The summed E-state index contributed by atoms with van der Waals surface area (Å²) in [5.41, 5.74) is 1.08. The van der Waals surface area contributed by atoms with Crippen LogP contribution < -0.4 is 10.1 Å². The predicted molar refractivity (Wildman–Crippen MR) is 73.3 cm³/mol. The van der Waals surface area contributed by atoms with E-state index in [2.05, 4.69) is 37.4 Å². The lowest BCUT2D eigenvalue weighted by Crippen LogP contribution is -2.53. The van der Waals surface area contributed by atoms with Crippen LogP contribution in [0.25, 0.3) is 0 Å². The van der Waals surface area contributed by atoms with E-state index >= 15 is 0 Å². The van der Waals surface area contributed by atoms with Crippen LogP contribution in [-0.2, 0) is 4.74 Å². The Balaban J connectivity index is 1.76. The summed E-state index contributed by atoms with van der Waals surface area (Å²) in [6, 6.07) is 8.85. The number of rotatable bonds is 0. The molecule has 3 heteroatoms. The SMILES string of the molecule is CC1(C)Oc2ccccc2[C@@H]2O[C@@H]3CCN[C@H]3C[C@H]21. The van der Waals surface area contributed by atoms with Gasteiger partial charge in [-0.2, -0.15) is 0 Å². The van der Waals surface area contributed by atoms with Crippen molar-refractivity contribution in [2.75, 3.05) is 6.54 Å². The molecule has 3 heterocycles. The maximum absolute atomic E-state index is 6.43. The predicted octanol–water partition coefficient (Wildman–Crippen LogP) is 2.67. The Morgan fingerprint density at radius 2 is 2.11 bits per heavy atom. The lowest BCUT2D eigenvalue weighted by atomic mass is 9.74. The van der Waals surface area contributed by atoms with Crippen molar-refractivity contribution in [1.82, 2.24) is 5.32 Å². The first-order chi connectivity index (χ1) is 9.15. The average molecular weight is 259 g/mol. The Hall–Kier alpha value is -1.06. The number of fused-ring (bicyclic) bond motifs is 4. The van der Waals surface area contributed by atoms with Gasteiger partial charge in [0.15, 0.2) is 0 Å². The van der Waals surface area contributed by atoms with E-state index in [1.54, 1.807) is 0 Å². The molecule has 0 amide bonds. The van der Waals surface area contributed by atoms with Crippen molar-refractivity contribution in [3.63, 3.8) is 0 Å². The van der Waals surface area contributed by atoms with Crippen LogP contribution in [0.1, 0.15) is 38.4 Å². The maximum atomic E-state index is 6.43. The fourth-order valence-electron chi connectivity index (χ4n) is 3.93. The molecular weight excluding hydrogens is 238 g/mol. The van der Waals surface area contributed by atoms with Gasteiger partial charge in [0.2, 0.25) is 0 Å². The molecule has 1 aromatic rings. The summed E-state index contributed by atoms with van der Waals surface area (Å²) < 4.78 is 12.7. The third-order valence-electron chi connectivity index (χ3n) is 4.97. The molecule has 4 atom stereocenters. The van der Waals surface area contributed by atoms with E-state index in [-0.39, 0.29) is 11.7 Å². The zero-order chi connectivity index (χ0) is 13.0. The maximum Gasteiger partial charge on any atom is 0.125 e. The smallest absolute Gasteiger partial charge is 0.125 e. The average Bonchev–Trinajstić information content (AvgIpc) is 2.84. The molecule has 19 heavy (non-hydrogen) atoms. The van der Waals surface area contributed by atoms with Crippen LogP contribution in [0.3, 0.4) is 0 Å². The Bertz CT molecular complexity index is 499. The van der Waals surface area contributed by atoms with E-state index in [1.165, 1.54) is 5.56 Å². The van der Waals surface area contributed by atoms with E-state index in [0.29, 0.717) is 18.1 Å². The number of hydrogen-bond donors (Lipinski definition) is 1. The number of ether oxygens (including phenoxy) is 2. The minimum absolute atomic E-state index is 0.158. The molecule has 1 N–H and O–H groups in total. The summed E-state index contributed by atoms with van der Waals surface area (Å²) in [6.45, 7) is 5.47. The largest absolute Gasteiger partial charge is 0.487 e. The highest BCUT2D eigenvalue weighted by molar-refractivity contribution is 5.39. The number of hydrogen-bond acceptors (Lipinski definition) is 3. The molecular formula is C16H21NO2. The minimum atomic E-state index is -0.158. The molecule has 102 valence electrons. The first kappa shape index (κ1) is 11.7. The van der Waals surface area contributed by atoms with Crippen LogP contribution in [-0.4, -0.2) is 24.3 Å². The molecule has 0 radical (unpaired) electrons. The van der Waals surface area contributed by atoms with Crippen molar-refractivity contribution >= 4 is 0 Å². The van der Waals surface area contributed by atoms with Gasteiger partial charge in [0.05, 0.1) is 12.2 Å². The van der Waals surface area contributed by atoms with Gasteiger partial charge < -0.3 is 14.8 Å². The quantitative estimate of drug-likeness (QED) is 0.777. The summed E-state index contributed by atoms with van der Waals surface area (Å²) >= 11 is 0. The van der Waals surface area contributed by atoms with Gasteiger partial charge in [0, 0.05) is 17.5 Å². The second kappa shape index (κ2) is 3.97. The van der Waals surface area contributed by atoms with Crippen LogP contribution >= 0.6 is 0 Å². The van der Waals surface area contributed by atoms with Crippen molar-refractivity contribution in [3.8, 4) is 5.75 Å².